The van der Waals surface area contributed by atoms with Crippen LogP contribution in [0.2, 0.25) is 0 Å². The van der Waals surface area contributed by atoms with Gasteiger partial charge in [0.05, 0.1) is 0 Å². The van der Waals surface area contributed by atoms with Gasteiger partial charge in [0.15, 0.2) is 12.6 Å². The molecule has 7 nitrogen and oxygen atoms in total. The molecular weight excluding hydrogens is 505 g/mol. The third-order valence-corrected chi connectivity index (χ3v) is 5.71. The molecule has 1 aromatic carbocycles. The standard InChI is InChI=1S/C23H37N5O2.HI/c1-18-9-13-28(14-10-18)12-4-11-25-23(24-2)26-16-19-5-3-6-21(15-19)30-17-22(29)27-20-7-8-20;/h3,5-6,15,18,20H,4,7-14,16-17H2,1-2H3,(H,27,29)(H2,24,25,26);1H. The molecule has 1 heterocycles. The highest BCUT2D eigenvalue weighted by Gasteiger charge is 2.23. The van der Waals surface area contributed by atoms with E-state index in [-0.39, 0.29) is 36.5 Å². The predicted molar refractivity (Wildman–Crippen MR) is 136 cm³/mol. The van der Waals surface area contributed by atoms with Gasteiger partial charge in [-0.1, -0.05) is 19.1 Å². The maximum absolute atomic E-state index is 11.8. The summed E-state index contributed by atoms with van der Waals surface area (Å²) in [5.74, 6) is 2.34. The van der Waals surface area contributed by atoms with Gasteiger partial charge in [-0.2, -0.15) is 0 Å². The molecule has 8 heteroatoms. The molecule has 1 aromatic rings. The average Bonchev–Trinajstić information content (AvgIpc) is 3.57. The Kier molecular flexibility index (Phi) is 11.4. The summed E-state index contributed by atoms with van der Waals surface area (Å²) in [6.07, 6.45) is 5.93. The maximum Gasteiger partial charge on any atom is 0.258 e. The molecule has 174 valence electrons. The van der Waals surface area contributed by atoms with Crippen LogP contribution in [0.1, 0.15) is 44.6 Å². The normalized spacial score (nSPS) is 17.5. The molecule has 1 saturated carbocycles. The van der Waals surface area contributed by atoms with Crippen LogP contribution in [0.4, 0.5) is 0 Å². The minimum absolute atomic E-state index is 0. The highest BCUT2D eigenvalue weighted by molar-refractivity contribution is 14.0. The highest BCUT2D eigenvalue weighted by atomic mass is 127. The van der Waals surface area contributed by atoms with Gasteiger partial charge in [-0.25, -0.2) is 0 Å². The molecule has 0 atom stereocenters. The van der Waals surface area contributed by atoms with Gasteiger partial charge in [-0.05, 0) is 75.4 Å². The number of benzene rings is 1. The Balaban J connectivity index is 0.00000341. The van der Waals surface area contributed by atoms with Gasteiger partial charge >= 0.3 is 0 Å². The van der Waals surface area contributed by atoms with Crippen molar-refractivity contribution in [3.8, 4) is 5.75 Å². The number of nitrogens with one attached hydrogen (secondary N) is 3. The number of carbonyl (C=O) groups excluding carboxylic acids is 1. The van der Waals surface area contributed by atoms with E-state index >= 15 is 0 Å². The van der Waals surface area contributed by atoms with E-state index in [1.54, 1.807) is 7.05 Å². The zero-order valence-corrected chi connectivity index (χ0v) is 21.2. The number of hydrogen-bond acceptors (Lipinski definition) is 4. The van der Waals surface area contributed by atoms with Gasteiger partial charge in [0.1, 0.15) is 5.75 Å². The van der Waals surface area contributed by atoms with Crippen LogP contribution >= 0.6 is 24.0 Å². The second-order valence-corrected chi connectivity index (χ2v) is 8.51. The molecule has 1 amide bonds. The van der Waals surface area contributed by atoms with Crippen LogP contribution < -0.4 is 20.7 Å². The lowest BCUT2D eigenvalue weighted by Crippen LogP contribution is -2.39. The first-order valence-corrected chi connectivity index (χ1v) is 11.3. The van der Waals surface area contributed by atoms with E-state index in [1.165, 1.54) is 25.9 Å². The number of rotatable bonds is 10. The molecule has 3 N–H and O–H groups in total. The van der Waals surface area contributed by atoms with Gasteiger partial charge < -0.3 is 25.6 Å². The van der Waals surface area contributed by atoms with Gasteiger partial charge in [0, 0.05) is 26.2 Å². The molecule has 3 rings (SSSR count). The fraction of sp³-hybridized carbons (Fsp3) is 0.652. The highest BCUT2D eigenvalue weighted by Crippen LogP contribution is 2.19. The number of amides is 1. The number of halogens is 1. The number of aliphatic imine (C=N–C) groups is 1. The molecule has 2 aliphatic rings. The molecule has 0 spiro atoms. The monoisotopic (exact) mass is 543 g/mol. The van der Waals surface area contributed by atoms with E-state index in [1.807, 2.05) is 24.3 Å². The van der Waals surface area contributed by atoms with E-state index in [0.717, 1.165) is 49.8 Å². The van der Waals surface area contributed by atoms with Crippen LogP contribution in [-0.2, 0) is 11.3 Å². The fourth-order valence-electron chi connectivity index (χ4n) is 3.59. The molecule has 1 saturated heterocycles. The largest absolute Gasteiger partial charge is 0.484 e. The molecule has 31 heavy (non-hydrogen) atoms. The van der Waals surface area contributed by atoms with Crippen LogP contribution in [-0.4, -0.2) is 62.6 Å². The summed E-state index contributed by atoms with van der Waals surface area (Å²) < 4.78 is 5.62. The lowest BCUT2D eigenvalue weighted by atomic mass is 9.99. The van der Waals surface area contributed by atoms with Gasteiger partial charge in [-0.15, -0.1) is 24.0 Å². The molecule has 1 aliphatic heterocycles. The molecule has 0 radical (unpaired) electrons. The van der Waals surface area contributed by atoms with Crippen molar-refractivity contribution in [1.29, 1.82) is 0 Å². The second-order valence-electron chi connectivity index (χ2n) is 8.51. The summed E-state index contributed by atoms with van der Waals surface area (Å²) in [7, 11) is 1.79. The number of guanidine groups is 1. The molecule has 0 aromatic heterocycles. The van der Waals surface area contributed by atoms with Crippen LogP contribution in [0.25, 0.3) is 0 Å². The Bertz CT molecular complexity index is 703. The number of nitrogens with zero attached hydrogens (tertiary/aromatic N) is 2. The zero-order chi connectivity index (χ0) is 21.2. The van der Waals surface area contributed by atoms with E-state index in [0.29, 0.717) is 18.3 Å². The Morgan fingerprint density at radius 2 is 1.97 bits per heavy atom. The smallest absolute Gasteiger partial charge is 0.258 e. The van der Waals surface area contributed by atoms with Crippen molar-refractivity contribution in [3.05, 3.63) is 29.8 Å². The Labute approximate surface area is 203 Å². The van der Waals surface area contributed by atoms with E-state index in [2.05, 4.69) is 32.8 Å². The first-order valence-electron chi connectivity index (χ1n) is 11.3. The third-order valence-electron chi connectivity index (χ3n) is 5.71. The summed E-state index contributed by atoms with van der Waals surface area (Å²) >= 11 is 0. The van der Waals surface area contributed by atoms with Crippen molar-refractivity contribution in [3.63, 3.8) is 0 Å². The zero-order valence-electron chi connectivity index (χ0n) is 18.9. The minimum atomic E-state index is -0.0512. The van der Waals surface area contributed by atoms with Gasteiger partial charge in [-0.3, -0.25) is 9.79 Å². The lowest BCUT2D eigenvalue weighted by molar-refractivity contribution is -0.123. The first kappa shape index (κ1) is 25.7. The van der Waals surface area contributed by atoms with Gasteiger partial charge in [0.25, 0.3) is 5.91 Å². The quantitative estimate of drug-likeness (QED) is 0.183. The molecule has 0 bridgehead atoms. The van der Waals surface area contributed by atoms with Crippen LogP contribution in [0, 0.1) is 5.92 Å². The second kappa shape index (κ2) is 13.8. The summed E-state index contributed by atoms with van der Waals surface area (Å²) in [5, 5.41) is 9.67. The molecule has 0 unspecified atom stereocenters. The topological polar surface area (TPSA) is 78.0 Å². The number of carbonyl (C=O) groups is 1. The maximum atomic E-state index is 11.8. The van der Waals surface area contributed by atoms with Crippen molar-refractivity contribution in [2.24, 2.45) is 10.9 Å². The fourth-order valence-corrected chi connectivity index (χ4v) is 3.59. The molecule has 2 fully saturated rings. The summed E-state index contributed by atoms with van der Waals surface area (Å²) in [6, 6.07) is 8.18. The van der Waals surface area contributed by atoms with Crippen LogP contribution in [0.3, 0.4) is 0 Å². The van der Waals surface area contributed by atoms with Crippen molar-refractivity contribution >= 4 is 35.8 Å². The van der Waals surface area contributed by atoms with Crippen molar-refractivity contribution in [1.82, 2.24) is 20.9 Å². The van der Waals surface area contributed by atoms with Crippen LogP contribution in [0.5, 0.6) is 5.75 Å². The van der Waals surface area contributed by atoms with E-state index < -0.39 is 0 Å². The number of hydrogen-bond donors (Lipinski definition) is 3. The summed E-state index contributed by atoms with van der Waals surface area (Å²) in [4.78, 5) is 18.6. The number of ether oxygens (including phenoxy) is 1. The average molecular weight is 543 g/mol. The molecular formula is C23H38IN5O2. The number of piperidine rings is 1. The predicted octanol–water partition coefficient (Wildman–Crippen LogP) is 2.75. The van der Waals surface area contributed by atoms with Crippen molar-refractivity contribution in [2.45, 2.75) is 51.6 Å². The lowest BCUT2D eigenvalue weighted by Gasteiger charge is -2.30. The van der Waals surface area contributed by atoms with Crippen molar-refractivity contribution in [2.75, 3.05) is 39.8 Å². The summed E-state index contributed by atoms with van der Waals surface area (Å²) in [6.45, 7) is 7.57. The van der Waals surface area contributed by atoms with E-state index in [4.69, 9.17) is 4.74 Å². The first-order chi connectivity index (χ1) is 14.6. The summed E-state index contributed by atoms with van der Waals surface area (Å²) in [5.41, 5.74) is 1.08. The Hall–Kier alpha value is -1.55. The Morgan fingerprint density at radius 1 is 1.19 bits per heavy atom. The SMILES string of the molecule is CN=C(NCCCN1CCC(C)CC1)NCc1cccc(OCC(=O)NC2CC2)c1.I. The minimum Gasteiger partial charge on any atom is -0.484 e. The van der Waals surface area contributed by atoms with Crippen molar-refractivity contribution < 1.29 is 9.53 Å². The Morgan fingerprint density at radius 3 is 2.68 bits per heavy atom. The number of likely N-dealkylation sites (tertiary alicyclic amines) is 1. The van der Waals surface area contributed by atoms with E-state index in [9.17, 15) is 4.79 Å². The molecule has 1 aliphatic carbocycles. The van der Waals surface area contributed by atoms with Gasteiger partial charge in [0.2, 0.25) is 0 Å². The van der Waals surface area contributed by atoms with Crippen LogP contribution in [0.15, 0.2) is 29.3 Å². The third kappa shape index (κ3) is 10.1.